The monoisotopic (exact) mass is 236 g/mol. The number of aromatic amines is 1. The van der Waals surface area contributed by atoms with Gasteiger partial charge in [-0.2, -0.15) is 0 Å². The highest BCUT2D eigenvalue weighted by atomic mass is 32.1. The standard InChI is InChI=1S/C11H16N4S/c1-8-7-16-11(14-8)3-4-12-5-10-6-13-9(2)15-10/h6-7,12H,3-5H2,1-2H3,(H,13,15). The van der Waals surface area contributed by atoms with Gasteiger partial charge in [-0.3, -0.25) is 0 Å². The normalized spacial score (nSPS) is 10.9. The van der Waals surface area contributed by atoms with Crippen molar-refractivity contribution in [3.63, 3.8) is 0 Å². The molecule has 0 spiro atoms. The number of thiazole rings is 1. The summed E-state index contributed by atoms with van der Waals surface area (Å²) >= 11 is 1.73. The molecule has 0 atom stereocenters. The molecule has 0 radical (unpaired) electrons. The van der Waals surface area contributed by atoms with Crippen LogP contribution in [0.5, 0.6) is 0 Å². The molecule has 0 unspecified atom stereocenters. The maximum atomic E-state index is 4.42. The van der Waals surface area contributed by atoms with Crippen LogP contribution in [-0.4, -0.2) is 21.5 Å². The van der Waals surface area contributed by atoms with Crippen molar-refractivity contribution in [3.05, 3.63) is 33.8 Å². The molecule has 2 aromatic heterocycles. The average molecular weight is 236 g/mol. The number of aryl methyl sites for hydroxylation is 2. The summed E-state index contributed by atoms with van der Waals surface area (Å²) in [5, 5.41) is 6.66. The fraction of sp³-hybridized carbons (Fsp3) is 0.455. The summed E-state index contributed by atoms with van der Waals surface area (Å²) in [5.74, 6) is 0.965. The van der Waals surface area contributed by atoms with E-state index in [-0.39, 0.29) is 0 Å². The molecule has 2 heterocycles. The zero-order valence-corrected chi connectivity index (χ0v) is 10.4. The van der Waals surface area contributed by atoms with Crippen molar-refractivity contribution in [2.24, 2.45) is 0 Å². The minimum Gasteiger partial charge on any atom is -0.345 e. The Kier molecular flexibility index (Phi) is 3.69. The van der Waals surface area contributed by atoms with E-state index in [1.54, 1.807) is 11.3 Å². The van der Waals surface area contributed by atoms with Crippen LogP contribution in [0.4, 0.5) is 0 Å². The lowest BCUT2D eigenvalue weighted by Gasteiger charge is -2.00. The summed E-state index contributed by atoms with van der Waals surface area (Å²) in [6, 6.07) is 0. The van der Waals surface area contributed by atoms with Gasteiger partial charge in [0.2, 0.25) is 0 Å². The number of hydrogen-bond donors (Lipinski definition) is 2. The molecule has 86 valence electrons. The molecule has 2 aromatic rings. The first-order chi connectivity index (χ1) is 7.74. The first-order valence-electron chi connectivity index (χ1n) is 5.36. The van der Waals surface area contributed by atoms with Crippen LogP contribution in [0.15, 0.2) is 11.6 Å². The molecule has 0 aliphatic rings. The van der Waals surface area contributed by atoms with E-state index in [0.29, 0.717) is 0 Å². The molecular weight excluding hydrogens is 220 g/mol. The van der Waals surface area contributed by atoms with E-state index in [0.717, 1.165) is 36.7 Å². The summed E-state index contributed by atoms with van der Waals surface area (Å²) in [4.78, 5) is 11.8. The van der Waals surface area contributed by atoms with E-state index >= 15 is 0 Å². The minimum atomic E-state index is 0.838. The lowest BCUT2D eigenvalue weighted by atomic mass is 10.4. The molecule has 0 bridgehead atoms. The van der Waals surface area contributed by atoms with Crippen LogP contribution in [0.3, 0.4) is 0 Å². The van der Waals surface area contributed by atoms with E-state index < -0.39 is 0 Å². The largest absolute Gasteiger partial charge is 0.345 e. The molecule has 0 aliphatic heterocycles. The zero-order chi connectivity index (χ0) is 11.4. The van der Waals surface area contributed by atoms with Gasteiger partial charge in [-0.15, -0.1) is 11.3 Å². The quantitative estimate of drug-likeness (QED) is 0.779. The van der Waals surface area contributed by atoms with E-state index in [1.165, 1.54) is 5.01 Å². The topological polar surface area (TPSA) is 53.6 Å². The SMILES string of the molecule is Cc1csc(CCNCc2cnc(C)[nH]2)n1. The Balaban J connectivity index is 1.69. The molecule has 2 rings (SSSR count). The van der Waals surface area contributed by atoms with E-state index in [2.05, 4.69) is 25.6 Å². The number of imidazole rings is 1. The first-order valence-corrected chi connectivity index (χ1v) is 6.24. The Morgan fingerprint density at radius 3 is 2.94 bits per heavy atom. The zero-order valence-electron chi connectivity index (χ0n) is 9.58. The van der Waals surface area contributed by atoms with Gasteiger partial charge in [-0.1, -0.05) is 0 Å². The summed E-state index contributed by atoms with van der Waals surface area (Å²) in [6.45, 7) is 5.78. The Bertz CT molecular complexity index is 404. The predicted molar refractivity (Wildman–Crippen MR) is 65.6 cm³/mol. The summed E-state index contributed by atoms with van der Waals surface area (Å²) < 4.78 is 0. The highest BCUT2D eigenvalue weighted by molar-refractivity contribution is 7.09. The van der Waals surface area contributed by atoms with Crippen molar-refractivity contribution < 1.29 is 0 Å². The van der Waals surface area contributed by atoms with Gasteiger partial charge in [0.15, 0.2) is 0 Å². The highest BCUT2D eigenvalue weighted by Gasteiger charge is 1.99. The fourth-order valence-corrected chi connectivity index (χ4v) is 2.27. The first kappa shape index (κ1) is 11.3. The lowest BCUT2D eigenvalue weighted by molar-refractivity contribution is 0.674. The second kappa shape index (κ2) is 5.23. The van der Waals surface area contributed by atoms with Crippen molar-refractivity contribution >= 4 is 11.3 Å². The Morgan fingerprint density at radius 2 is 2.31 bits per heavy atom. The van der Waals surface area contributed by atoms with Crippen LogP contribution in [0.1, 0.15) is 22.2 Å². The van der Waals surface area contributed by atoms with Gasteiger partial charge in [0.25, 0.3) is 0 Å². The van der Waals surface area contributed by atoms with E-state index in [9.17, 15) is 0 Å². The van der Waals surface area contributed by atoms with Crippen LogP contribution in [0.25, 0.3) is 0 Å². The number of rotatable bonds is 5. The van der Waals surface area contributed by atoms with Crippen molar-refractivity contribution in [1.29, 1.82) is 0 Å². The van der Waals surface area contributed by atoms with Gasteiger partial charge in [0, 0.05) is 42.5 Å². The number of aromatic nitrogens is 3. The third-order valence-corrected chi connectivity index (χ3v) is 3.28. The Labute approximate surface area is 99.2 Å². The summed E-state index contributed by atoms with van der Waals surface area (Å²) in [6.07, 6.45) is 2.86. The summed E-state index contributed by atoms with van der Waals surface area (Å²) in [5.41, 5.74) is 2.25. The molecule has 0 aliphatic carbocycles. The van der Waals surface area contributed by atoms with Crippen LogP contribution in [-0.2, 0) is 13.0 Å². The van der Waals surface area contributed by atoms with Crippen LogP contribution in [0.2, 0.25) is 0 Å². The van der Waals surface area contributed by atoms with Gasteiger partial charge in [0.05, 0.1) is 5.01 Å². The molecule has 2 N–H and O–H groups in total. The third-order valence-electron chi connectivity index (χ3n) is 2.25. The molecule has 0 amide bonds. The van der Waals surface area contributed by atoms with E-state index in [4.69, 9.17) is 0 Å². The maximum absolute atomic E-state index is 4.42. The van der Waals surface area contributed by atoms with Gasteiger partial charge in [0.1, 0.15) is 5.82 Å². The molecule has 0 aromatic carbocycles. The van der Waals surface area contributed by atoms with E-state index in [1.807, 2.05) is 20.0 Å². The molecule has 0 saturated heterocycles. The maximum Gasteiger partial charge on any atom is 0.103 e. The molecule has 0 fully saturated rings. The van der Waals surface area contributed by atoms with Crippen molar-refractivity contribution in [3.8, 4) is 0 Å². The van der Waals surface area contributed by atoms with Crippen LogP contribution < -0.4 is 5.32 Å². The molecule has 4 nitrogen and oxygen atoms in total. The number of nitrogens with zero attached hydrogens (tertiary/aromatic N) is 2. The van der Waals surface area contributed by atoms with Gasteiger partial charge < -0.3 is 10.3 Å². The lowest BCUT2D eigenvalue weighted by Crippen LogP contribution is -2.16. The molecule has 16 heavy (non-hydrogen) atoms. The van der Waals surface area contributed by atoms with Gasteiger partial charge in [-0.25, -0.2) is 9.97 Å². The Hall–Kier alpha value is -1.20. The van der Waals surface area contributed by atoms with Crippen molar-refractivity contribution in [2.75, 3.05) is 6.54 Å². The predicted octanol–water partition coefficient (Wildman–Crippen LogP) is 1.82. The fourth-order valence-electron chi connectivity index (χ4n) is 1.50. The number of nitrogens with one attached hydrogen (secondary N) is 2. The van der Waals surface area contributed by atoms with Crippen molar-refractivity contribution in [2.45, 2.75) is 26.8 Å². The minimum absolute atomic E-state index is 0.838. The second-order valence-corrected chi connectivity index (χ2v) is 4.75. The number of H-pyrrole nitrogens is 1. The molecular formula is C11H16N4S. The van der Waals surface area contributed by atoms with Gasteiger partial charge >= 0.3 is 0 Å². The van der Waals surface area contributed by atoms with Crippen molar-refractivity contribution in [1.82, 2.24) is 20.3 Å². The molecule has 5 heteroatoms. The third kappa shape index (κ3) is 3.15. The van der Waals surface area contributed by atoms with Gasteiger partial charge in [-0.05, 0) is 13.8 Å². The smallest absolute Gasteiger partial charge is 0.103 e. The Morgan fingerprint density at radius 1 is 1.44 bits per heavy atom. The highest BCUT2D eigenvalue weighted by Crippen LogP contribution is 2.08. The number of hydrogen-bond acceptors (Lipinski definition) is 4. The summed E-state index contributed by atoms with van der Waals surface area (Å²) in [7, 11) is 0. The molecule has 0 saturated carbocycles. The average Bonchev–Trinajstić information content (AvgIpc) is 2.83. The second-order valence-electron chi connectivity index (χ2n) is 3.80. The van der Waals surface area contributed by atoms with Crippen LogP contribution in [0, 0.1) is 13.8 Å². The van der Waals surface area contributed by atoms with Crippen LogP contribution >= 0.6 is 11.3 Å².